The minimum atomic E-state index is -0.0225. The Balaban J connectivity index is 1.45. The first kappa shape index (κ1) is 16.8. The Bertz CT molecular complexity index is 811. The maximum atomic E-state index is 12.0. The van der Waals surface area contributed by atoms with Gasteiger partial charge in [-0.15, -0.1) is 0 Å². The van der Waals surface area contributed by atoms with Crippen molar-refractivity contribution in [3.05, 3.63) is 83.9 Å². The second-order valence-corrected chi connectivity index (χ2v) is 5.96. The van der Waals surface area contributed by atoms with Crippen molar-refractivity contribution in [1.82, 2.24) is 14.9 Å². The van der Waals surface area contributed by atoms with E-state index < -0.39 is 0 Å². The average molecular weight is 335 g/mol. The lowest BCUT2D eigenvalue weighted by atomic mass is 10.1. The number of carbonyl (C=O) groups is 1. The number of nitrogens with one attached hydrogen (secondary N) is 1. The molecule has 0 atom stereocenters. The van der Waals surface area contributed by atoms with Gasteiger partial charge in [-0.2, -0.15) is 0 Å². The molecule has 2 aromatic carbocycles. The summed E-state index contributed by atoms with van der Waals surface area (Å²) in [6, 6.07) is 15.3. The Hall–Kier alpha value is -3.08. The van der Waals surface area contributed by atoms with Crippen LogP contribution in [0.25, 0.3) is 0 Å². The van der Waals surface area contributed by atoms with Crippen LogP contribution in [0.1, 0.15) is 23.1 Å². The Labute approximate surface area is 147 Å². The quantitative estimate of drug-likeness (QED) is 0.698. The van der Waals surface area contributed by atoms with Crippen LogP contribution >= 0.6 is 0 Å². The summed E-state index contributed by atoms with van der Waals surface area (Å²) in [5.74, 6) is 0.217. The van der Waals surface area contributed by atoms with Gasteiger partial charge in [0.05, 0.1) is 6.33 Å². The van der Waals surface area contributed by atoms with Crippen molar-refractivity contribution >= 4 is 5.91 Å². The van der Waals surface area contributed by atoms with Crippen molar-refractivity contribution in [2.24, 2.45) is 0 Å². The lowest BCUT2D eigenvalue weighted by molar-refractivity contribution is -0.121. The molecule has 0 unspecified atom stereocenters. The van der Waals surface area contributed by atoms with Gasteiger partial charge in [0.15, 0.2) is 0 Å². The molecule has 128 valence electrons. The number of hydrogen-bond acceptors (Lipinski definition) is 3. The zero-order chi connectivity index (χ0) is 17.5. The first-order valence-corrected chi connectivity index (χ1v) is 8.28. The molecule has 0 saturated heterocycles. The normalized spacial score (nSPS) is 10.6. The number of carbonyl (C=O) groups excluding carboxylic acids is 1. The minimum absolute atomic E-state index is 0.0225. The number of nitrogens with zero attached hydrogens (tertiary/aromatic N) is 2. The molecule has 5 nitrogen and oxygen atoms in total. The molecule has 0 spiro atoms. The smallest absolute Gasteiger partial charge is 0.220 e. The highest BCUT2D eigenvalue weighted by Gasteiger charge is 2.05. The highest BCUT2D eigenvalue weighted by molar-refractivity contribution is 5.76. The van der Waals surface area contributed by atoms with Gasteiger partial charge in [-0.3, -0.25) is 4.79 Å². The third-order valence-electron chi connectivity index (χ3n) is 4.05. The molecule has 3 aromatic rings. The summed E-state index contributed by atoms with van der Waals surface area (Å²) in [7, 11) is 0. The van der Waals surface area contributed by atoms with Crippen LogP contribution in [0.5, 0.6) is 5.75 Å². The fourth-order valence-electron chi connectivity index (χ4n) is 2.61. The van der Waals surface area contributed by atoms with E-state index in [2.05, 4.69) is 22.4 Å². The summed E-state index contributed by atoms with van der Waals surface area (Å²) in [6.07, 6.45) is 6.37. The third kappa shape index (κ3) is 4.94. The summed E-state index contributed by atoms with van der Waals surface area (Å²) < 4.78 is 2.01. The van der Waals surface area contributed by atoms with Crippen molar-refractivity contribution in [1.29, 1.82) is 0 Å². The van der Waals surface area contributed by atoms with E-state index in [1.807, 2.05) is 35.0 Å². The van der Waals surface area contributed by atoms with E-state index in [0.717, 1.165) is 17.7 Å². The molecule has 0 saturated carbocycles. The number of benzene rings is 2. The number of imidazole rings is 1. The summed E-state index contributed by atoms with van der Waals surface area (Å²) in [6.45, 7) is 1.29. The molecule has 0 radical (unpaired) electrons. The number of para-hydroxylation sites is 1. The SMILES string of the molecule is O=C(CCc1ccccc1O)NCc1ccc(Cn2ccnc2)cc1. The largest absolute Gasteiger partial charge is 0.508 e. The molecule has 0 aliphatic carbocycles. The maximum Gasteiger partial charge on any atom is 0.220 e. The molecule has 0 aliphatic heterocycles. The average Bonchev–Trinajstić information content (AvgIpc) is 3.13. The molecular formula is C20H21N3O2. The Morgan fingerprint density at radius 1 is 1.08 bits per heavy atom. The van der Waals surface area contributed by atoms with Crippen LogP contribution < -0.4 is 5.32 Å². The van der Waals surface area contributed by atoms with E-state index in [0.29, 0.717) is 19.4 Å². The predicted octanol–water partition coefficient (Wildman–Crippen LogP) is 2.89. The highest BCUT2D eigenvalue weighted by atomic mass is 16.3. The van der Waals surface area contributed by atoms with Crippen molar-refractivity contribution in [3.63, 3.8) is 0 Å². The van der Waals surface area contributed by atoms with Gasteiger partial charge in [0.25, 0.3) is 0 Å². The van der Waals surface area contributed by atoms with Crippen LogP contribution in [0.15, 0.2) is 67.3 Å². The van der Waals surface area contributed by atoms with Crippen LogP contribution in [-0.4, -0.2) is 20.6 Å². The van der Waals surface area contributed by atoms with Gasteiger partial charge in [-0.05, 0) is 29.2 Å². The number of phenols is 1. The van der Waals surface area contributed by atoms with Crippen molar-refractivity contribution in [2.45, 2.75) is 25.9 Å². The second-order valence-electron chi connectivity index (χ2n) is 5.96. The molecule has 25 heavy (non-hydrogen) atoms. The summed E-state index contributed by atoms with van der Waals surface area (Å²) in [4.78, 5) is 16.0. The van der Waals surface area contributed by atoms with Crippen molar-refractivity contribution < 1.29 is 9.90 Å². The van der Waals surface area contributed by atoms with E-state index >= 15 is 0 Å². The lowest BCUT2D eigenvalue weighted by Crippen LogP contribution is -2.23. The van der Waals surface area contributed by atoms with Gasteiger partial charge in [-0.25, -0.2) is 4.98 Å². The van der Waals surface area contributed by atoms with Crippen LogP contribution in [-0.2, 0) is 24.3 Å². The zero-order valence-electron chi connectivity index (χ0n) is 13.9. The summed E-state index contributed by atoms with van der Waals surface area (Å²) in [5, 5.41) is 12.6. The fourth-order valence-corrected chi connectivity index (χ4v) is 2.61. The van der Waals surface area contributed by atoms with E-state index in [4.69, 9.17) is 0 Å². The first-order valence-electron chi connectivity index (χ1n) is 8.28. The van der Waals surface area contributed by atoms with E-state index in [1.54, 1.807) is 24.7 Å². The fraction of sp³-hybridized carbons (Fsp3) is 0.200. The summed E-state index contributed by atoms with van der Waals surface area (Å²) in [5.41, 5.74) is 3.04. The van der Waals surface area contributed by atoms with Gasteiger partial charge >= 0.3 is 0 Å². The molecule has 1 heterocycles. The van der Waals surface area contributed by atoms with Gasteiger partial charge in [0.1, 0.15) is 5.75 Å². The van der Waals surface area contributed by atoms with Crippen molar-refractivity contribution in [2.75, 3.05) is 0 Å². The molecule has 1 amide bonds. The van der Waals surface area contributed by atoms with Crippen LogP contribution in [0.4, 0.5) is 0 Å². The topological polar surface area (TPSA) is 67.2 Å². The number of aromatic hydroxyl groups is 1. The van der Waals surface area contributed by atoms with Crippen LogP contribution in [0, 0.1) is 0 Å². The van der Waals surface area contributed by atoms with Gasteiger partial charge in [0.2, 0.25) is 5.91 Å². The van der Waals surface area contributed by atoms with E-state index in [-0.39, 0.29) is 11.7 Å². The van der Waals surface area contributed by atoms with Gasteiger partial charge in [0, 0.05) is 31.9 Å². The number of rotatable bonds is 7. The van der Waals surface area contributed by atoms with Crippen molar-refractivity contribution in [3.8, 4) is 5.75 Å². The summed E-state index contributed by atoms with van der Waals surface area (Å²) >= 11 is 0. The lowest BCUT2D eigenvalue weighted by Gasteiger charge is -2.08. The second kappa shape index (κ2) is 8.15. The predicted molar refractivity (Wildman–Crippen MR) is 96.0 cm³/mol. The monoisotopic (exact) mass is 335 g/mol. The Morgan fingerprint density at radius 2 is 1.84 bits per heavy atom. The molecule has 1 aromatic heterocycles. The first-order chi connectivity index (χ1) is 12.2. The molecule has 5 heteroatoms. The van der Waals surface area contributed by atoms with Crippen LogP contribution in [0.2, 0.25) is 0 Å². The molecule has 3 rings (SSSR count). The molecule has 0 bridgehead atoms. The molecular weight excluding hydrogens is 314 g/mol. The minimum Gasteiger partial charge on any atom is -0.508 e. The number of amides is 1. The third-order valence-corrected chi connectivity index (χ3v) is 4.05. The Morgan fingerprint density at radius 3 is 2.56 bits per heavy atom. The van der Waals surface area contributed by atoms with E-state index in [1.165, 1.54) is 5.56 Å². The maximum absolute atomic E-state index is 12.0. The highest BCUT2D eigenvalue weighted by Crippen LogP contribution is 2.17. The molecule has 0 aliphatic rings. The molecule has 2 N–H and O–H groups in total. The molecule has 0 fully saturated rings. The standard InChI is InChI=1S/C20H21N3O2/c24-19-4-2-1-3-18(19)9-10-20(25)22-13-16-5-7-17(8-6-16)14-23-12-11-21-15-23/h1-8,11-12,15,24H,9-10,13-14H2,(H,22,25). The van der Waals surface area contributed by atoms with Gasteiger partial charge in [-0.1, -0.05) is 42.5 Å². The van der Waals surface area contributed by atoms with E-state index in [9.17, 15) is 9.90 Å². The number of aryl methyl sites for hydroxylation is 1. The van der Waals surface area contributed by atoms with Gasteiger partial charge < -0.3 is 15.0 Å². The number of phenolic OH excluding ortho intramolecular Hbond substituents is 1. The zero-order valence-corrected chi connectivity index (χ0v) is 13.9. The Kier molecular flexibility index (Phi) is 5.46. The number of hydrogen-bond donors (Lipinski definition) is 2. The number of aromatic nitrogens is 2. The van der Waals surface area contributed by atoms with Crippen LogP contribution in [0.3, 0.4) is 0 Å².